The van der Waals surface area contributed by atoms with Gasteiger partial charge in [0.15, 0.2) is 17.3 Å². The minimum Gasteiger partial charge on any atom is -0.508 e. The summed E-state index contributed by atoms with van der Waals surface area (Å²) in [5.41, 5.74) is 1.10. The zero-order valence-corrected chi connectivity index (χ0v) is 51.2. The lowest BCUT2D eigenvalue weighted by Gasteiger charge is -2.25. The van der Waals surface area contributed by atoms with Gasteiger partial charge in [-0.1, -0.05) is 87.2 Å². The number of benzene rings is 3. The van der Waals surface area contributed by atoms with Crippen LogP contribution in [-0.2, 0) is 70.4 Å². The average Bonchev–Trinajstić information content (AvgIpc) is 2.29. The normalized spacial score (nSPS) is 13.8. The van der Waals surface area contributed by atoms with E-state index in [2.05, 4.69) is 31.9 Å². The van der Waals surface area contributed by atoms with E-state index >= 15 is 0 Å². The first-order valence-electron chi connectivity index (χ1n) is 30.7. The number of urea groups is 1. The highest BCUT2D eigenvalue weighted by Gasteiger charge is 2.35. The molecule has 0 saturated heterocycles. The lowest BCUT2D eigenvalue weighted by atomic mass is 9.88. The van der Waals surface area contributed by atoms with Gasteiger partial charge in [0.2, 0.25) is 23.6 Å². The van der Waals surface area contributed by atoms with Gasteiger partial charge in [-0.2, -0.15) is 0 Å². The van der Waals surface area contributed by atoms with Crippen LogP contribution in [0.2, 0.25) is 0 Å². The Morgan fingerprint density at radius 2 is 0.945 bits per heavy atom. The second kappa shape index (κ2) is 41.6. The molecule has 0 aliphatic carbocycles. The van der Waals surface area contributed by atoms with Crippen molar-refractivity contribution >= 4 is 87.4 Å². The number of carbonyl (C=O) groups excluding carboxylic acids is 9. The Bertz CT molecular complexity index is 2940. The summed E-state index contributed by atoms with van der Waals surface area (Å²) < 4.78 is 0. The van der Waals surface area contributed by atoms with Crippen molar-refractivity contribution in [2.24, 2.45) is 17.8 Å². The zero-order valence-electron chi connectivity index (χ0n) is 51.2. The summed E-state index contributed by atoms with van der Waals surface area (Å²) in [6, 6.07) is 10.3. The predicted molar refractivity (Wildman–Crippen MR) is 328 cm³/mol. The van der Waals surface area contributed by atoms with E-state index in [1.54, 1.807) is 6.07 Å². The summed E-state index contributed by atoms with van der Waals surface area (Å²) in [6.07, 6.45) is 2.47. The molecule has 0 bridgehead atoms. The largest absolute Gasteiger partial charge is 0.508 e. The van der Waals surface area contributed by atoms with E-state index in [9.17, 15) is 98.1 Å². The fourth-order valence-electron chi connectivity index (χ4n) is 9.97. The lowest BCUT2D eigenvalue weighted by Crippen LogP contribution is -2.51. The van der Waals surface area contributed by atoms with E-state index in [0.717, 1.165) is 10.8 Å². The third-order valence-corrected chi connectivity index (χ3v) is 15.4. The molecule has 8 atom stereocenters. The summed E-state index contributed by atoms with van der Waals surface area (Å²) in [7, 11) is 0. The monoisotopic (exact) mass is 1280 g/mol. The van der Waals surface area contributed by atoms with E-state index < -0.39 is 165 Å². The van der Waals surface area contributed by atoms with Gasteiger partial charge in [0, 0.05) is 63.8 Å². The third kappa shape index (κ3) is 29.7. The number of aromatic hydroxyl groups is 1. The Labute approximate surface area is 526 Å². The van der Waals surface area contributed by atoms with Crippen molar-refractivity contribution in [3.63, 3.8) is 0 Å². The van der Waals surface area contributed by atoms with Crippen molar-refractivity contribution in [3.8, 4) is 5.75 Å². The predicted octanol–water partition coefficient (Wildman–Crippen LogP) is 3.20. The van der Waals surface area contributed by atoms with Gasteiger partial charge in [0.05, 0.1) is 37.7 Å². The van der Waals surface area contributed by atoms with Crippen LogP contribution >= 0.6 is 0 Å². The number of aliphatic hydroxyl groups excluding tert-OH is 3. The average molecular weight is 1280 g/mol. The number of hydrogen-bond donors (Lipinski definition) is 14. The van der Waals surface area contributed by atoms with E-state index in [0.29, 0.717) is 75.3 Å². The smallest absolute Gasteiger partial charge is 0.326 e. The number of carbonyl (C=O) groups is 13. The molecule has 0 heterocycles. The first-order chi connectivity index (χ1) is 43.4. The molecule has 27 heteroatoms. The van der Waals surface area contributed by atoms with Gasteiger partial charge in [0.25, 0.3) is 0 Å². The van der Waals surface area contributed by atoms with Crippen LogP contribution in [0.3, 0.4) is 0 Å². The minimum absolute atomic E-state index is 0.00130. The van der Waals surface area contributed by atoms with Crippen LogP contribution in [0.25, 0.3) is 10.8 Å². The molecule has 0 saturated carbocycles. The first kappa shape index (κ1) is 76.6. The SMILES string of the molecule is CCC(=O)N[C@@H](CO)C(=O)C[C@@H](CO)C(=O)N[C@@H](CO)C(=O)C[C@H](Cc1ccc(O)cc1)C(=O)N[C@H](Cc1ccc2ccccc2c1)C(=O)C[C@H](CCCCCC(=O)CCCCCCC(=O)NCCCC[C@H](NC(=O)N[C@@H](CCC(=O)O)C(=O)O)C(=O)O)C(=O)O. The topological polar surface area (TPSA) is 456 Å². The fraction of sp³-hybridized carbons (Fsp3) is 0.547. The molecule has 0 aliphatic heterocycles. The Morgan fingerprint density at radius 3 is 1.53 bits per heavy atom. The molecule has 3 rings (SSSR count). The molecule has 500 valence electrons. The van der Waals surface area contributed by atoms with Crippen molar-refractivity contribution in [2.75, 3.05) is 26.4 Å². The van der Waals surface area contributed by atoms with E-state index in [1.165, 1.54) is 31.2 Å². The van der Waals surface area contributed by atoms with E-state index in [1.807, 2.05) is 36.4 Å². The summed E-state index contributed by atoms with van der Waals surface area (Å²) in [4.78, 5) is 165. The molecule has 3 aromatic carbocycles. The molecule has 0 unspecified atom stereocenters. The van der Waals surface area contributed by atoms with Crippen LogP contribution in [0.1, 0.15) is 146 Å². The molecule has 3 aromatic rings. The molecule has 91 heavy (non-hydrogen) atoms. The maximum atomic E-state index is 14.5. The number of ketones is 4. The highest BCUT2D eigenvalue weighted by Crippen LogP contribution is 2.23. The zero-order chi connectivity index (χ0) is 67.4. The minimum atomic E-state index is -1.65. The number of amides is 6. The maximum Gasteiger partial charge on any atom is 0.326 e. The fourth-order valence-corrected chi connectivity index (χ4v) is 9.97. The van der Waals surface area contributed by atoms with Crippen molar-refractivity contribution in [2.45, 2.75) is 178 Å². The number of carboxylic acids is 4. The summed E-state index contributed by atoms with van der Waals surface area (Å²) >= 11 is 0. The van der Waals surface area contributed by atoms with Crippen LogP contribution in [0.5, 0.6) is 5.75 Å². The van der Waals surface area contributed by atoms with Gasteiger partial charge >= 0.3 is 29.9 Å². The number of unbranched alkanes of at least 4 members (excludes halogenated alkanes) is 6. The summed E-state index contributed by atoms with van der Waals surface area (Å²) in [6.45, 7) is -0.882. The van der Waals surface area contributed by atoms with Crippen LogP contribution in [-0.4, -0.2) is 174 Å². The summed E-state index contributed by atoms with van der Waals surface area (Å²) in [5.74, 6) is -14.2. The van der Waals surface area contributed by atoms with Gasteiger partial charge in [0.1, 0.15) is 35.7 Å². The molecule has 0 aliphatic rings. The van der Waals surface area contributed by atoms with Crippen molar-refractivity contribution in [1.82, 2.24) is 31.9 Å². The Balaban J connectivity index is 1.55. The third-order valence-electron chi connectivity index (χ3n) is 15.4. The van der Waals surface area contributed by atoms with Crippen LogP contribution < -0.4 is 31.9 Å². The lowest BCUT2D eigenvalue weighted by molar-refractivity contribution is -0.144. The van der Waals surface area contributed by atoms with Crippen molar-refractivity contribution < 1.29 is 103 Å². The molecule has 14 N–H and O–H groups in total. The summed E-state index contributed by atoms with van der Waals surface area (Å²) in [5, 5.41) is 94.0. The van der Waals surface area contributed by atoms with Gasteiger partial charge in [-0.05, 0) is 98.2 Å². The molecule has 0 aromatic heterocycles. The number of aliphatic hydroxyl groups is 3. The van der Waals surface area contributed by atoms with Gasteiger partial charge in [-0.25, -0.2) is 14.4 Å². The molecular weight excluding hydrogens is 1190 g/mol. The second-order valence-corrected chi connectivity index (χ2v) is 22.6. The van der Waals surface area contributed by atoms with Crippen LogP contribution in [0, 0.1) is 17.8 Å². The Hall–Kier alpha value is -8.69. The number of fused-ring (bicyclic) bond motifs is 1. The van der Waals surface area contributed by atoms with Crippen molar-refractivity contribution in [1.29, 1.82) is 0 Å². The number of hydrogen-bond acceptors (Lipinski definition) is 17. The molecule has 0 radical (unpaired) electrons. The maximum absolute atomic E-state index is 14.5. The second-order valence-electron chi connectivity index (χ2n) is 22.6. The molecule has 27 nitrogen and oxygen atoms in total. The van der Waals surface area contributed by atoms with Crippen LogP contribution in [0.15, 0.2) is 66.7 Å². The van der Waals surface area contributed by atoms with Gasteiger partial charge in [-0.15, -0.1) is 0 Å². The Kier molecular flexibility index (Phi) is 35.0. The van der Waals surface area contributed by atoms with Gasteiger partial charge in [-0.3, -0.25) is 47.9 Å². The molecular formula is C64H88N6O21. The number of phenolic OH excluding ortho intramolecular Hbond substituents is 1. The van der Waals surface area contributed by atoms with Crippen molar-refractivity contribution in [3.05, 3.63) is 77.9 Å². The number of aliphatic carboxylic acids is 4. The number of nitrogens with one attached hydrogen (secondary N) is 6. The first-order valence-corrected chi connectivity index (χ1v) is 30.7. The number of carboxylic acid groups (broad SMARTS) is 4. The quantitative estimate of drug-likeness (QED) is 0.0361. The number of phenols is 1. The molecule has 0 spiro atoms. The highest BCUT2D eigenvalue weighted by atomic mass is 16.4. The Morgan fingerprint density at radius 1 is 0.429 bits per heavy atom. The standard InChI is InChI=1S/C64H88N6O21/c1-2-56(79)66-51(37-72)55(78)35-45(36-71)60(84)68-52(38-73)54(77)34-44(30-39-22-25-47(75)26-23-39)59(83)67-50(32-40-21-24-41-14-10-11-15-42(41)31-40)53(76)33-43(61(85)86)16-6-5-8-18-46(74)17-7-3-4-9-20-57(80)65-29-13-12-19-48(62(87)88)69-64(91)70-49(63(89)90)27-28-58(81)82/h10-11,14-15,21-26,31,43-45,48-52,71-73,75H,2-9,12-13,16-20,27-30,32-38H2,1H3,(H,65,80)(H,66,79)(H,67,83)(H,68,84)(H,81,82)(H,85,86)(H,87,88)(H,89,90)(H2,69,70,91)/t43-,44-,45-,48-,49-,50+,51-,52-/m0/s1. The number of rotatable bonds is 48. The van der Waals surface area contributed by atoms with Gasteiger partial charge < -0.3 is 72.8 Å². The molecule has 0 fully saturated rings. The highest BCUT2D eigenvalue weighted by molar-refractivity contribution is 5.97. The number of Topliss-reactive ketones (excluding diaryl/α,β-unsaturated/α-hetero) is 4. The van der Waals surface area contributed by atoms with E-state index in [4.69, 9.17) is 5.11 Å². The van der Waals surface area contributed by atoms with E-state index in [-0.39, 0.29) is 68.9 Å². The van der Waals surface area contributed by atoms with Crippen LogP contribution in [0.4, 0.5) is 4.79 Å². The molecule has 6 amide bonds.